The largest absolute Gasteiger partial charge is 0.481 e. The SMILES string of the molecule is O=C(O)CC(CCl)(CCl)CCl. The molecule has 66 valence electrons. The van der Waals surface area contributed by atoms with Gasteiger partial charge in [-0.25, -0.2) is 0 Å². The van der Waals surface area contributed by atoms with Crippen LogP contribution in [0.1, 0.15) is 6.42 Å². The van der Waals surface area contributed by atoms with Crippen LogP contribution in [0.3, 0.4) is 0 Å². The Kier molecular flexibility index (Phi) is 5.23. The van der Waals surface area contributed by atoms with Gasteiger partial charge < -0.3 is 5.11 Å². The molecular weight excluding hydrogens is 210 g/mol. The molecule has 0 rings (SSSR count). The Morgan fingerprint density at radius 3 is 1.64 bits per heavy atom. The monoisotopic (exact) mass is 218 g/mol. The van der Waals surface area contributed by atoms with Gasteiger partial charge in [-0.1, -0.05) is 0 Å². The first kappa shape index (κ1) is 11.3. The lowest BCUT2D eigenvalue weighted by atomic mass is 9.91. The summed E-state index contributed by atoms with van der Waals surface area (Å²) in [5.74, 6) is -0.405. The van der Waals surface area contributed by atoms with Gasteiger partial charge in [0.15, 0.2) is 0 Å². The first-order valence-electron chi connectivity index (χ1n) is 3.00. The van der Waals surface area contributed by atoms with Gasteiger partial charge in [-0.2, -0.15) is 0 Å². The minimum atomic E-state index is -0.924. The van der Waals surface area contributed by atoms with Crippen LogP contribution in [-0.4, -0.2) is 28.7 Å². The highest BCUT2D eigenvalue weighted by atomic mass is 35.5. The van der Waals surface area contributed by atoms with Gasteiger partial charge >= 0.3 is 5.97 Å². The average Bonchev–Trinajstić information content (AvgIpc) is 2.00. The molecule has 0 fully saturated rings. The number of aliphatic carboxylic acids is 1. The molecule has 0 aromatic carbocycles. The maximum absolute atomic E-state index is 10.3. The van der Waals surface area contributed by atoms with E-state index in [-0.39, 0.29) is 24.1 Å². The molecule has 0 aliphatic carbocycles. The Labute approximate surface area is 80.4 Å². The molecule has 1 N–H and O–H groups in total. The summed E-state index contributed by atoms with van der Waals surface area (Å²) in [5.41, 5.74) is -0.656. The quantitative estimate of drug-likeness (QED) is 0.720. The van der Waals surface area contributed by atoms with Gasteiger partial charge in [-0.15, -0.1) is 34.8 Å². The summed E-state index contributed by atoms with van der Waals surface area (Å²) in [7, 11) is 0. The maximum Gasteiger partial charge on any atom is 0.304 e. The number of hydrogen-bond acceptors (Lipinski definition) is 1. The highest BCUT2D eigenvalue weighted by Crippen LogP contribution is 2.27. The minimum absolute atomic E-state index is 0.0799. The van der Waals surface area contributed by atoms with Gasteiger partial charge in [-0.05, 0) is 0 Å². The van der Waals surface area contributed by atoms with Crippen LogP contribution in [0.4, 0.5) is 0 Å². The zero-order valence-corrected chi connectivity index (χ0v) is 8.09. The number of alkyl halides is 3. The van der Waals surface area contributed by atoms with Gasteiger partial charge in [0, 0.05) is 23.1 Å². The molecule has 0 aliphatic heterocycles. The smallest absolute Gasteiger partial charge is 0.304 e. The van der Waals surface area contributed by atoms with Gasteiger partial charge in [-0.3, -0.25) is 4.79 Å². The van der Waals surface area contributed by atoms with Crippen LogP contribution in [0, 0.1) is 5.41 Å². The summed E-state index contributed by atoms with van der Waals surface area (Å²) in [5, 5.41) is 8.47. The Hall–Kier alpha value is 0.340. The third kappa shape index (κ3) is 3.50. The fraction of sp³-hybridized carbons (Fsp3) is 0.833. The van der Waals surface area contributed by atoms with E-state index < -0.39 is 11.4 Å². The second kappa shape index (κ2) is 5.07. The maximum atomic E-state index is 10.3. The molecular formula is C6H9Cl3O2. The van der Waals surface area contributed by atoms with E-state index in [2.05, 4.69) is 0 Å². The molecule has 2 nitrogen and oxygen atoms in total. The van der Waals surface area contributed by atoms with E-state index >= 15 is 0 Å². The average molecular weight is 219 g/mol. The van der Waals surface area contributed by atoms with Crippen molar-refractivity contribution in [3.05, 3.63) is 0 Å². The minimum Gasteiger partial charge on any atom is -0.481 e. The number of hydrogen-bond donors (Lipinski definition) is 1. The van der Waals surface area contributed by atoms with E-state index in [9.17, 15) is 4.79 Å². The van der Waals surface area contributed by atoms with Crippen molar-refractivity contribution in [1.29, 1.82) is 0 Å². The number of carbonyl (C=O) groups is 1. The van der Waals surface area contributed by atoms with Crippen molar-refractivity contribution in [2.75, 3.05) is 17.6 Å². The summed E-state index contributed by atoms with van der Waals surface area (Å²) < 4.78 is 0. The molecule has 0 saturated carbocycles. The van der Waals surface area contributed by atoms with Crippen LogP contribution in [0.2, 0.25) is 0 Å². The van der Waals surface area contributed by atoms with E-state index in [0.717, 1.165) is 0 Å². The van der Waals surface area contributed by atoms with Crippen molar-refractivity contribution in [3.63, 3.8) is 0 Å². The zero-order chi connectivity index (χ0) is 8.91. The molecule has 0 heterocycles. The Morgan fingerprint density at radius 2 is 1.55 bits per heavy atom. The van der Waals surface area contributed by atoms with Crippen LogP contribution in [0.15, 0.2) is 0 Å². The first-order chi connectivity index (χ1) is 5.10. The molecule has 0 radical (unpaired) electrons. The molecule has 0 amide bonds. The van der Waals surface area contributed by atoms with Crippen molar-refractivity contribution < 1.29 is 9.90 Å². The van der Waals surface area contributed by atoms with Crippen molar-refractivity contribution >= 4 is 40.8 Å². The second-order valence-corrected chi connectivity index (χ2v) is 3.27. The van der Waals surface area contributed by atoms with Gasteiger partial charge in [0.25, 0.3) is 0 Å². The molecule has 0 aromatic rings. The Morgan fingerprint density at radius 1 is 1.18 bits per heavy atom. The number of rotatable bonds is 5. The molecule has 0 bridgehead atoms. The number of halogens is 3. The van der Waals surface area contributed by atoms with Crippen molar-refractivity contribution in [2.24, 2.45) is 5.41 Å². The summed E-state index contributed by atoms with van der Waals surface area (Å²) in [6.07, 6.45) is -0.0799. The van der Waals surface area contributed by atoms with E-state index in [1.54, 1.807) is 0 Å². The summed E-state index contributed by atoms with van der Waals surface area (Å²) in [4.78, 5) is 10.3. The molecule has 11 heavy (non-hydrogen) atoms. The lowest BCUT2D eigenvalue weighted by Gasteiger charge is -2.24. The molecule has 0 unspecified atom stereocenters. The standard InChI is InChI=1S/C6H9Cl3O2/c7-2-6(3-8,4-9)1-5(10)11/h1-4H2,(H,10,11). The van der Waals surface area contributed by atoms with Crippen LogP contribution < -0.4 is 0 Å². The molecule has 0 aliphatic rings. The normalized spacial score (nSPS) is 11.5. The lowest BCUT2D eigenvalue weighted by molar-refractivity contribution is -0.138. The molecule has 5 heteroatoms. The van der Waals surface area contributed by atoms with Crippen molar-refractivity contribution in [3.8, 4) is 0 Å². The fourth-order valence-corrected chi connectivity index (χ4v) is 1.71. The summed E-state index contributed by atoms with van der Waals surface area (Å²) in [6, 6.07) is 0. The zero-order valence-electron chi connectivity index (χ0n) is 5.82. The third-order valence-electron chi connectivity index (χ3n) is 1.38. The molecule has 0 saturated heterocycles. The van der Waals surface area contributed by atoms with E-state index in [1.165, 1.54) is 0 Å². The van der Waals surface area contributed by atoms with Gasteiger partial charge in [0.05, 0.1) is 6.42 Å². The predicted molar refractivity (Wildman–Crippen MR) is 46.8 cm³/mol. The van der Waals surface area contributed by atoms with Crippen LogP contribution >= 0.6 is 34.8 Å². The lowest BCUT2D eigenvalue weighted by Crippen LogP contribution is -2.30. The molecule has 0 spiro atoms. The van der Waals surface area contributed by atoms with E-state index in [4.69, 9.17) is 39.9 Å². The molecule has 0 aromatic heterocycles. The van der Waals surface area contributed by atoms with Gasteiger partial charge in [0.1, 0.15) is 0 Å². The Balaban J connectivity index is 4.16. The summed E-state index contributed by atoms with van der Waals surface area (Å²) >= 11 is 16.6. The van der Waals surface area contributed by atoms with Gasteiger partial charge in [0.2, 0.25) is 0 Å². The Bertz CT molecular complexity index is 126. The third-order valence-corrected chi connectivity index (χ3v) is 3.08. The van der Waals surface area contributed by atoms with Crippen LogP contribution in [0.5, 0.6) is 0 Å². The second-order valence-electron chi connectivity index (χ2n) is 2.47. The number of carboxylic acid groups (broad SMARTS) is 1. The highest BCUT2D eigenvalue weighted by Gasteiger charge is 2.30. The van der Waals surface area contributed by atoms with Crippen LogP contribution in [0.25, 0.3) is 0 Å². The fourth-order valence-electron chi connectivity index (χ4n) is 0.570. The molecule has 0 atom stereocenters. The highest BCUT2D eigenvalue weighted by molar-refractivity contribution is 6.24. The summed E-state index contributed by atoms with van der Waals surface area (Å²) in [6.45, 7) is 0. The first-order valence-corrected chi connectivity index (χ1v) is 4.60. The van der Waals surface area contributed by atoms with Crippen molar-refractivity contribution in [2.45, 2.75) is 6.42 Å². The number of carboxylic acids is 1. The predicted octanol–water partition coefficient (Wildman–Crippen LogP) is 2.16. The van der Waals surface area contributed by atoms with Crippen molar-refractivity contribution in [1.82, 2.24) is 0 Å². The topological polar surface area (TPSA) is 37.3 Å². The van der Waals surface area contributed by atoms with E-state index in [0.29, 0.717) is 0 Å². The van der Waals surface area contributed by atoms with E-state index in [1.807, 2.05) is 0 Å². The van der Waals surface area contributed by atoms with Crippen LogP contribution in [-0.2, 0) is 4.79 Å².